The van der Waals surface area contributed by atoms with Gasteiger partial charge in [-0.2, -0.15) is 4.98 Å². The Morgan fingerprint density at radius 3 is 2.75 bits per heavy atom. The summed E-state index contributed by atoms with van der Waals surface area (Å²) in [6.45, 7) is 3.96. The SMILES string of the molecule is CC(C)[C@H](N)C(=O)NCc1nc(-c2cccc3ccccc23)no1. The van der Waals surface area contributed by atoms with Gasteiger partial charge in [0, 0.05) is 5.56 Å². The summed E-state index contributed by atoms with van der Waals surface area (Å²) in [5, 5.41) is 8.91. The minimum absolute atomic E-state index is 0.0685. The largest absolute Gasteiger partial charge is 0.346 e. The Labute approximate surface area is 140 Å². The lowest BCUT2D eigenvalue weighted by Crippen LogP contribution is -2.43. The highest BCUT2D eigenvalue weighted by Crippen LogP contribution is 2.26. The van der Waals surface area contributed by atoms with Crippen LogP contribution in [-0.2, 0) is 11.3 Å². The summed E-state index contributed by atoms with van der Waals surface area (Å²) < 4.78 is 5.24. The van der Waals surface area contributed by atoms with E-state index in [9.17, 15) is 4.79 Å². The molecule has 0 aliphatic rings. The van der Waals surface area contributed by atoms with Crippen molar-refractivity contribution in [1.82, 2.24) is 15.5 Å². The van der Waals surface area contributed by atoms with Gasteiger partial charge in [0.25, 0.3) is 0 Å². The summed E-state index contributed by atoms with van der Waals surface area (Å²) in [5.41, 5.74) is 6.70. The van der Waals surface area contributed by atoms with E-state index in [1.807, 2.05) is 56.3 Å². The van der Waals surface area contributed by atoms with Crippen molar-refractivity contribution in [3.63, 3.8) is 0 Å². The molecule has 1 amide bonds. The third-order valence-electron chi connectivity index (χ3n) is 3.93. The molecule has 1 heterocycles. The summed E-state index contributed by atoms with van der Waals surface area (Å²) in [4.78, 5) is 16.3. The molecule has 0 saturated carbocycles. The van der Waals surface area contributed by atoms with Crippen molar-refractivity contribution in [2.75, 3.05) is 0 Å². The summed E-state index contributed by atoms with van der Waals surface area (Å²) in [6.07, 6.45) is 0. The smallest absolute Gasteiger partial charge is 0.246 e. The van der Waals surface area contributed by atoms with Gasteiger partial charge in [-0.1, -0.05) is 61.5 Å². The van der Waals surface area contributed by atoms with Crippen LogP contribution in [0.2, 0.25) is 0 Å². The molecule has 0 bridgehead atoms. The van der Waals surface area contributed by atoms with E-state index in [2.05, 4.69) is 15.5 Å². The maximum absolute atomic E-state index is 11.9. The van der Waals surface area contributed by atoms with Gasteiger partial charge in [-0.15, -0.1) is 0 Å². The van der Waals surface area contributed by atoms with Crippen LogP contribution in [0.5, 0.6) is 0 Å². The number of hydrogen-bond donors (Lipinski definition) is 2. The van der Waals surface area contributed by atoms with Crippen LogP contribution in [-0.4, -0.2) is 22.1 Å². The van der Waals surface area contributed by atoms with Crippen LogP contribution in [0.4, 0.5) is 0 Å². The van der Waals surface area contributed by atoms with E-state index in [0.717, 1.165) is 16.3 Å². The number of nitrogens with two attached hydrogens (primary N) is 1. The topological polar surface area (TPSA) is 94.0 Å². The maximum Gasteiger partial charge on any atom is 0.246 e. The molecule has 0 saturated heterocycles. The van der Waals surface area contributed by atoms with Gasteiger partial charge in [-0.05, 0) is 16.7 Å². The maximum atomic E-state index is 11.9. The Balaban J connectivity index is 1.77. The van der Waals surface area contributed by atoms with Crippen molar-refractivity contribution in [3.05, 3.63) is 48.4 Å². The molecule has 0 radical (unpaired) electrons. The summed E-state index contributed by atoms with van der Waals surface area (Å²) in [6, 6.07) is 13.4. The van der Waals surface area contributed by atoms with Crippen molar-refractivity contribution in [3.8, 4) is 11.4 Å². The van der Waals surface area contributed by atoms with Crippen LogP contribution in [0.15, 0.2) is 47.0 Å². The van der Waals surface area contributed by atoms with E-state index in [0.29, 0.717) is 11.7 Å². The number of carbonyl (C=O) groups is 1. The van der Waals surface area contributed by atoms with Gasteiger partial charge in [0.15, 0.2) is 0 Å². The zero-order valence-corrected chi connectivity index (χ0v) is 13.7. The first-order chi connectivity index (χ1) is 11.6. The molecule has 0 aliphatic heterocycles. The van der Waals surface area contributed by atoms with Gasteiger partial charge in [-0.25, -0.2) is 0 Å². The van der Waals surface area contributed by atoms with Crippen molar-refractivity contribution in [1.29, 1.82) is 0 Å². The van der Waals surface area contributed by atoms with Gasteiger partial charge in [-0.3, -0.25) is 4.79 Å². The van der Waals surface area contributed by atoms with E-state index < -0.39 is 6.04 Å². The zero-order chi connectivity index (χ0) is 17.1. The number of fused-ring (bicyclic) bond motifs is 1. The number of nitrogens with one attached hydrogen (secondary N) is 1. The molecule has 24 heavy (non-hydrogen) atoms. The standard InChI is InChI=1S/C18H20N4O2/c1-11(2)16(19)18(23)20-10-15-21-17(22-24-15)14-9-5-7-12-6-3-4-8-13(12)14/h3-9,11,16H,10,19H2,1-2H3,(H,20,23)/t16-/m0/s1. The highest BCUT2D eigenvalue weighted by atomic mass is 16.5. The fraction of sp³-hybridized carbons (Fsp3) is 0.278. The molecule has 2 aromatic carbocycles. The molecule has 3 rings (SSSR count). The van der Waals surface area contributed by atoms with Crippen LogP contribution in [0.1, 0.15) is 19.7 Å². The minimum atomic E-state index is -0.551. The molecule has 1 aromatic heterocycles. The number of rotatable bonds is 5. The van der Waals surface area contributed by atoms with Crippen molar-refractivity contribution in [2.24, 2.45) is 11.7 Å². The van der Waals surface area contributed by atoms with Crippen LogP contribution < -0.4 is 11.1 Å². The highest BCUT2D eigenvalue weighted by Gasteiger charge is 2.18. The number of aromatic nitrogens is 2. The van der Waals surface area contributed by atoms with Gasteiger partial charge >= 0.3 is 0 Å². The molecule has 124 valence electrons. The number of carbonyl (C=O) groups excluding carboxylic acids is 1. The second kappa shape index (κ2) is 6.80. The van der Waals surface area contributed by atoms with Crippen LogP contribution in [0, 0.1) is 5.92 Å². The van der Waals surface area contributed by atoms with Gasteiger partial charge in [0.05, 0.1) is 12.6 Å². The first kappa shape index (κ1) is 16.1. The average Bonchev–Trinajstić information content (AvgIpc) is 3.07. The Bertz CT molecular complexity index is 852. The fourth-order valence-corrected chi connectivity index (χ4v) is 2.44. The zero-order valence-electron chi connectivity index (χ0n) is 13.7. The van der Waals surface area contributed by atoms with E-state index >= 15 is 0 Å². The van der Waals surface area contributed by atoms with Crippen molar-refractivity contribution in [2.45, 2.75) is 26.4 Å². The normalized spacial score (nSPS) is 12.5. The molecule has 0 unspecified atom stereocenters. The summed E-state index contributed by atoms with van der Waals surface area (Å²) in [5.74, 6) is 0.695. The molecule has 3 N–H and O–H groups in total. The van der Waals surface area contributed by atoms with Gasteiger partial charge in [0.1, 0.15) is 0 Å². The predicted octanol–water partition coefficient (Wildman–Crippen LogP) is 2.49. The van der Waals surface area contributed by atoms with E-state index in [4.69, 9.17) is 10.3 Å². The van der Waals surface area contributed by atoms with Crippen molar-refractivity contribution >= 4 is 16.7 Å². The first-order valence-electron chi connectivity index (χ1n) is 7.90. The fourth-order valence-electron chi connectivity index (χ4n) is 2.44. The number of amides is 1. The third kappa shape index (κ3) is 3.28. The molecule has 0 spiro atoms. The first-order valence-corrected chi connectivity index (χ1v) is 7.90. The molecule has 6 nitrogen and oxygen atoms in total. The van der Waals surface area contributed by atoms with Gasteiger partial charge < -0.3 is 15.6 Å². The average molecular weight is 324 g/mol. The minimum Gasteiger partial charge on any atom is -0.346 e. The Morgan fingerprint density at radius 1 is 1.21 bits per heavy atom. The summed E-state index contributed by atoms with van der Waals surface area (Å²) >= 11 is 0. The highest BCUT2D eigenvalue weighted by molar-refractivity contribution is 5.94. The molecule has 3 aromatic rings. The molecular formula is C18H20N4O2. The molecule has 1 atom stereocenters. The monoisotopic (exact) mass is 324 g/mol. The number of hydrogen-bond acceptors (Lipinski definition) is 5. The van der Waals surface area contributed by atoms with E-state index in [1.54, 1.807) is 0 Å². The van der Waals surface area contributed by atoms with E-state index in [-0.39, 0.29) is 18.4 Å². The molecule has 6 heteroatoms. The van der Waals surface area contributed by atoms with E-state index in [1.165, 1.54) is 0 Å². The Hall–Kier alpha value is -2.73. The lowest BCUT2D eigenvalue weighted by molar-refractivity contribution is -0.123. The lowest BCUT2D eigenvalue weighted by atomic mass is 10.0. The van der Waals surface area contributed by atoms with Gasteiger partial charge in [0.2, 0.25) is 17.6 Å². The van der Waals surface area contributed by atoms with Crippen LogP contribution in [0.25, 0.3) is 22.2 Å². The third-order valence-corrected chi connectivity index (χ3v) is 3.93. The number of benzene rings is 2. The van der Waals surface area contributed by atoms with Crippen LogP contribution >= 0.6 is 0 Å². The number of nitrogens with zero attached hydrogens (tertiary/aromatic N) is 2. The summed E-state index contributed by atoms with van der Waals surface area (Å²) in [7, 11) is 0. The Morgan fingerprint density at radius 2 is 1.96 bits per heavy atom. The molecule has 0 fully saturated rings. The molecule has 0 aliphatic carbocycles. The second-order valence-corrected chi connectivity index (χ2v) is 6.03. The predicted molar refractivity (Wildman–Crippen MR) is 91.9 cm³/mol. The lowest BCUT2D eigenvalue weighted by Gasteiger charge is -2.14. The van der Waals surface area contributed by atoms with Crippen molar-refractivity contribution < 1.29 is 9.32 Å². The second-order valence-electron chi connectivity index (χ2n) is 6.03. The quantitative estimate of drug-likeness (QED) is 0.752. The Kier molecular flexibility index (Phi) is 4.57. The molecular weight excluding hydrogens is 304 g/mol. The van der Waals surface area contributed by atoms with Crippen LogP contribution in [0.3, 0.4) is 0 Å².